The summed E-state index contributed by atoms with van der Waals surface area (Å²) in [6.07, 6.45) is 12.9. The minimum Gasteiger partial charge on any atom is -0.317 e. The lowest BCUT2D eigenvalue weighted by atomic mass is 9.81. The van der Waals surface area contributed by atoms with Crippen LogP contribution >= 0.6 is 0 Å². The van der Waals surface area contributed by atoms with E-state index in [1.807, 2.05) is 0 Å². The van der Waals surface area contributed by atoms with Crippen LogP contribution in [0, 0.1) is 11.3 Å². The maximum Gasteiger partial charge on any atom is 0.00925 e. The molecule has 0 heterocycles. The summed E-state index contributed by atoms with van der Waals surface area (Å²) >= 11 is 0. The van der Waals surface area contributed by atoms with Gasteiger partial charge in [0.25, 0.3) is 0 Å². The lowest BCUT2D eigenvalue weighted by Crippen LogP contribution is -2.35. The highest BCUT2D eigenvalue weighted by atomic mass is 14.9. The summed E-state index contributed by atoms with van der Waals surface area (Å²) in [6.45, 7) is 7.08. The summed E-state index contributed by atoms with van der Waals surface area (Å²) in [5.41, 5.74) is 0.483. The van der Waals surface area contributed by atoms with Crippen molar-refractivity contribution >= 4 is 0 Å². The first-order chi connectivity index (χ1) is 8.03. The zero-order valence-corrected chi connectivity index (χ0v) is 12.5. The van der Waals surface area contributed by atoms with Gasteiger partial charge in [0.2, 0.25) is 0 Å². The van der Waals surface area contributed by atoms with Crippen LogP contribution in [0.2, 0.25) is 0 Å². The van der Waals surface area contributed by atoms with E-state index in [9.17, 15) is 0 Å². The fourth-order valence-corrected chi connectivity index (χ4v) is 3.09. The van der Waals surface area contributed by atoms with Crippen LogP contribution in [0.25, 0.3) is 0 Å². The molecular formula is C16H33N. The third-order valence-electron chi connectivity index (χ3n) is 4.29. The molecular weight excluding hydrogens is 206 g/mol. The smallest absolute Gasteiger partial charge is 0.00925 e. The van der Waals surface area contributed by atoms with Crippen LogP contribution in [0.15, 0.2) is 0 Å². The number of rotatable bonds is 4. The van der Waals surface area contributed by atoms with E-state index < -0.39 is 0 Å². The quantitative estimate of drug-likeness (QED) is 0.745. The predicted octanol–water partition coefficient (Wildman–Crippen LogP) is 4.76. The average Bonchev–Trinajstić information content (AvgIpc) is 2.19. The standard InChI is InChI=1S/C16H33N/c1-16(2,3)13-12-15(17-4)14-10-8-6-5-7-9-11-14/h14-15,17H,5-13H2,1-4H3. The van der Waals surface area contributed by atoms with Gasteiger partial charge in [-0.2, -0.15) is 0 Å². The van der Waals surface area contributed by atoms with Gasteiger partial charge in [0, 0.05) is 6.04 Å². The fraction of sp³-hybridized carbons (Fsp3) is 1.00. The molecule has 0 aromatic carbocycles. The zero-order chi connectivity index (χ0) is 12.7. The summed E-state index contributed by atoms with van der Waals surface area (Å²) in [6, 6.07) is 0.757. The van der Waals surface area contributed by atoms with Gasteiger partial charge in [0.05, 0.1) is 0 Å². The monoisotopic (exact) mass is 239 g/mol. The van der Waals surface area contributed by atoms with Crippen molar-refractivity contribution < 1.29 is 0 Å². The molecule has 1 aliphatic rings. The second kappa shape index (κ2) is 7.41. The van der Waals surface area contributed by atoms with Gasteiger partial charge in [0.15, 0.2) is 0 Å². The van der Waals surface area contributed by atoms with Crippen LogP contribution in [-0.4, -0.2) is 13.1 Å². The minimum atomic E-state index is 0.483. The molecule has 0 aliphatic heterocycles. The lowest BCUT2D eigenvalue weighted by Gasteiger charge is -2.30. The minimum absolute atomic E-state index is 0.483. The third kappa shape index (κ3) is 6.45. The van der Waals surface area contributed by atoms with Gasteiger partial charge in [-0.15, -0.1) is 0 Å². The van der Waals surface area contributed by atoms with E-state index in [2.05, 4.69) is 33.1 Å². The molecule has 17 heavy (non-hydrogen) atoms. The molecule has 1 rings (SSSR count). The van der Waals surface area contributed by atoms with Crippen molar-refractivity contribution in [1.29, 1.82) is 0 Å². The predicted molar refractivity (Wildman–Crippen MR) is 77.3 cm³/mol. The third-order valence-corrected chi connectivity index (χ3v) is 4.29. The summed E-state index contributed by atoms with van der Waals surface area (Å²) in [5.74, 6) is 0.933. The van der Waals surface area contributed by atoms with E-state index in [0.717, 1.165) is 12.0 Å². The van der Waals surface area contributed by atoms with E-state index in [1.54, 1.807) is 0 Å². The molecule has 1 heteroatoms. The van der Waals surface area contributed by atoms with E-state index in [0.29, 0.717) is 5.41 Å². The molecule has 1 fully saturated rings. The summed E-state index contributed by atoms with van der Waals surface area (Å²) in [5, 5.41) is 3.59. The van der Waals surface area contributed by atoms with Crippen molar-refractivity contribution in [1.82, 2.24) is 5.32 Å². The van der Waals surface area contributed by atoms with E-state index in [1.165, 1.54) is 57.8 Å². The van der Waals surface area contributed by atoms with Crippen molar-refractivity contribution in [3.63, 3.8) is 0 Å². The van der Waals surface area contributed by atoms with E-state index in [4.69, 9.17) is 0 Å². The Kier molecular flexibility index (Phi) is 6.54. The van der Waals surface area contributed by atoms with Crippen LogP contribution < -0.4 is 5.32 Å². The normalized spacial score (nSPS) is 21.9. The van der Waals surface area contributed by atoms with Gasteiger partial charge in [-0.05, 0) is 44.1 Å². The van der Waals surface area contributed by atoms with Gasteiger partial charge in [0.1, 0.15) is 0 Å². The van der Waals surface area contributed by atoms with Crippen LogP contribution in [0.1, 0.15) is 78.6 Å². The maximum atomic E-state index is 3.59. The largest absolute Gasteiger partial charge is 0.317 e. The van der Waals surface area contributed by atoms with Crippen LogP contribution in [0.5, 0.6) is 0 Å². The molecule has 0 amide bonds. The van der Waals surface area contributed by atoms with E-state index >= 15 is 0 Å². The van der Waals surface area contributed by atoms with Gasteiger partial charge < -0.3 is 5.32 Å². The second-order valence-corrected chi connectivity index (χ2v) is 7.10. The van der Waals surface area contributed by atoms with Crippen LogP contribution in [0.3, 0.4) is 0 Å². The molecule has 0 radical (unpaired) electrons. The van der Waals surface area contributed by atoms with Crippen LogP contribution in [-0.2, 0) is 0 Å². The first-order valence-corrected chi connectivity index (χ1v) is 7.70. The Labute approximate surface area is 109 Å². The Morgan fingerprint density at radius 1 is 1.00 bits per heavy atom. The highest BCUT2D eigenvalue weighted by molar-refractivity contribution is 4.78. The van der Waals surface area contributed by atoms with Crippen LogP contribution in [0.4, 0.5) is 0 Å². The molecule has 0 saturated heterocycles. The highest BCUT2D eigenvalue weighted by Crippen LogP contribution is 2.29. The molecule has 0 bridgehead atoms. The second-order valence-electron chi connectivity index (χ2n) is 7.10. The summed E-state index contributed by atoms with van der Waals surface area (Å²) in [4.78, 5) is 0. The van der Waals surface area contributed by atoms with Crippen molar-refractivity contribution in [2.45, 2.75) is 84.6 Å². The first kappa shape index (κ1) is 15.0. The number of hydrogen-bond donors (Lipinski definition) is 1. The molecule has 0 aromatic heterocycles. The van der Waals surface area contributed by atoms with Crippen molar-refractivity contribution in [2.75, 3.05) is 7.05 Å². The molecule has 1 aliphatic carbocycles. The topological polar surface area (TPSA) is 12.0 Å². The maximum absolute atomic E-state index is 3.59. The molecule has 1 N–H and O–H groups in total. The van der Waals surface area contributed by atoms with Gasteiger partial charge >= 0.3 is 0 Å². The van der Waals surface area contributed by atoms with Crippen molar-refractivity contribution in [3.8, 4) is 0 Å². The molecule has 1 unspecified atom stereocenters. The highest BCUT2D eigenvalue weighted by Gasteiger charge is 2.22. The molecule has 102 valence electrons. The van der Waals surface area contributed by atoms with Gasteiger partial charge in [-0.1, -0.05) is 52.9 Å². The summed E-state index contributed by atoms with van der Waals surface area (Å²) < 4.78 is 0. The number of nitrogens with one attached hydrogen (secondary N) is 1. The van der Waals surface area contributed by atoms with E-state index in [-0.39, 0.29) is 0 Å². The average molecular weight is 239 g/mol. The number of hydrogen-bond acceptors (Lipinski definition) is 1. The summed E-state index contributed by atoms with van der Waals surface area (Å²) in [7, 11) is 2.16. The molecule has 1 atom stereocenters. The zero-order valence-electron chi connectivity index (χ0n) is 12.5. The molecule has 1 nitrogen and oxygen atoms in total. The molecule has 0 aromatic rings. The molecule has 1 saturated carbocycles. The molecule has 0 spiro atoms. The SMILES string of the molecule is CNC(CCC(C)(C)C)C1CCCCCCC1. The van der Waals surface area contributed by atoms with Crippen molar-refractivity contribution in [3.05, 3.63) is 0 Å². The Bertz CT molecular complexity index is 184. The van der Waals surface area contributed by atoms with Gasteiger partial charge in [-0.25, -0.2) is 0 Å². The Morgan fingerprint density at radius 2 is 1.53 bits per heavy atom. The fourth-order valence-electron chi connectivity index (χ4n) is 3.09. The van der Waals surface area contributed by atoms with Gasteiger partial charge in [-0.3, -0.25) is 0 Å². The van der Waals surface area contributed by atoms with Crippen molar-refractivity contribution in [2.24, 2.45) is 11.3 Å². The first-order valence-electron chi connectivity index (χ1n) is 7.70. The Morgan fingerprint density at radius 3 is 2.00 bits per heavy atom. The lowest BCUT2D eigenvalue weighted by molar-refractivity contribution is 0.250. The Hall–Kier alpha value is -0.0400. The Balaban J connectivity index is 2.40.